The predicted molar refractivity (Wildman–Crippen MR) is 116 cm³/mol. The zero-order valence-corrected chi connectivity index (χ0v) is 17.6. The first-order valence-electron chi connectivity index (χ1n) is 9.47. The van der Waals surface area contributed by atoms with Crippen LogP contribution < -0.4 is 9.47 Å². The molecule has 0 spiro atoms. The van der Waals surface area contributed by atoms with Crippen LogP contribution in [0.25, 0.3) is 22.5 Å². The van der Waals surface area contributed by atoms with Gasteiger partial charge in [0.1, 0.15) is 29.7 Å². The second-order valence-electron chi connectivity index (χ2n) is 6.90. The molecule has 5 nitrogen and oxygen atoms in total. The van der Waals surface area contributed by atoms with Gasteiger partial charge >= 0.3 is 0 Å². The topological polar surface area (TPSA) is 64.7 Å². The molecule has 0 radical (unpaired) electrons. The van der Waals surface area contributed by atoms with E-state index in [1.165, 1.54) is 18.2 Å². The first-order valence-corrected chi connectivity index (χ1v) is 9.85. The Hall–Kier alpha value is -3.51. The lowest BCUT2D eigenvalue weighted by atomic mass is 9.99. The van der Waals surface area contributed by atoms with Crippen molar-refractivity contribution in [3.8, 4) is 39.7 Å². The summed E-state index contributed by atoms with van der Waals surface area (Å²) < 4.78 is 29.6. The lowest BCUT2D eigenvalue weighted by molar-refractivity contribution is 0.304. The van der Waals surface area contributed by atoms with Gasteiger partial charge < -0.3 is 19.1 Å². The Balaban J connectivity index is 1.60. The van der Waals surface area contributed by atoms with Crippen molar-refractivity contribution in [2.75, 3.05) is 7.11 Å². The first-order chi connectivity index (χ1) is 15.0. The molecular weight excluding hydrogens is 421 g/mol. The fraction of sp³-hybridized carbons (Fsp3) is 0.125. The minimum absolute atomic E-state index is 0.0198. The number of ether oxygens (including phenoxy) is 2. The smallest absolute Gasteiger partial charge is 0.178 e. The van der Waals surface area contributed by atoms with Crippen molar-refractivity contribution in [1.82, 2.24) is 5.16 Å². The Kier molecular flexibility index (Phi) is 5.82. The third-order valence-corrected chi connectivity index (χ3v) is 5.22. The average molecular weight is 440 g/mol. The Morgan fingerprint density at radius 2 is 1.77 bits per heavy atom. The molecule has 0 saturated carbocycles. The lowest BCUT2D eigenvalue weighted by Gasteiger charge is -2.10. The van der Waals surface area contributed by atoms with Gasteiger partial charge in [-0.3, -0.25) is 0 Å². The van der Waals surface area contributed by atoms with E-state index in [0.29, 0.717) is 28.3 Å². The Bertz CT molecular complexity index is 1220. The minimum atomic E-state index is -0.411. The van der Waals surface area contributed by atoms with Crippen LogP contribution in [0.5, 0.6) is 17.2 Å². The van der Waals surface area contributed by atoms with Crippen LogP contribution >= 0.6 is 11.6 Å². The number of halogens is 2. The van der Waals surface area contributed by atoms with Gasteiger partial charge in [0, 0.05) is 11.6 Å². The maximum atomic E-state index is 13.2. The van der Waals surface area contributed by atoms with E-state index in [1.54, 1.807) is 25.3 Å². The molecule has 1 aromatic heterocycles. The molecule has 0 aliphatic rings. The summed E-state index contributed by atoms with van der Waals surface area (Å²) in [5.41, 5.74) is 3.49. The molecule has 7 heteroatoms. The van der Waals surface area contributed by atoms with E-state index in [9.17, 15) is 9.50 Å². The van der Waals surface area contributed by atoms with Crippen LogP contribution in [-0.2, 0) is 6.61 Å². The fourth-order valence-corrected chi connectivity index (χ4v) is 3.47. The van der Waals surface area contributed by atoms with Crippen LogP contribution in [0.3, 0.4) is 0 Å². The number of nitrogens with zero attached hydrogens (tertiary/aromatic N) is 1. The van der Waals surface area contributed by atoms with Crippen LogP contribution in [0.1, 0.15) is 11.3 Å². The van der Waals surface area contributed by atoms with Gasteiger partial charge in [0.05, 0.1) is 29.0 Å². The molecule has 0 fully saturated rings. The molecule has 0 bridgehead atoms. The zero-order chi connectivity index (χ0) is 22.0. The monoisotopic (exact) mass is 439 g/mol. The molecule has 3 aromatic carbocycles. The van der Waals surface area contributed by atoms with Gasteiger partial charge in [0.15, 0.2) is 5.76 Å². The molecule has 0 atom stereocenters. The maximum Gasteiger partial charge on any atom is 0.178 e. The van der Waals surface area contributed by atoms with E-state index in [-0.39, 0.29) is 17.4 Å². The van der Waals surface area contributed by atoms with Crippen LogP contribution in [-0.4, -0.2) is 17.4 Å². The van der Waals surface area contributed by atoms with Gasteiger partial charge in [-0.05, 0) is 48.9 Å². The fourth-order valence-electron chi connectivity index (χ4n) is 3.24. The summed E-state index contributed by atoms with van der Waals surface area (Å²) in [6, 6.07) is 16.5. The number of aryl methyl sites for hydroxylation is 1. The van der Waals surface area contributed by atoms with Gasteiger partial charge in [0.2, 0.25) is 0 Å². The second kappa shape index (κ2) is 8.70. The molecule has 0 saturated heterocycles. The third-order valence-electron chi connectivity index (χ3n) is 4.86. The number of methoxy groups -OCH3 is 1. The van der Waals surface area contributed by atoms with Crippen molar-refractivity contribution < 1.29 is 23.5 Å². The van der Waals surface area contributed by atoms with E-state index in [1.807, 2.05) is 31.2 Å². The van der Waals surface area contributed by atoms with E-state index in [2.05, 4.69) is 5.16 Å². The number of hydrogen-bond donors (Lipinski definition) is 1. The highest BCUT2D eigenvalue weighted by molar-refractivity contribution is 6.31. The van der Waals surface area contributed by atoms with E-state index >= 15 is 0 Å². The largest absolute Gasteiger partial charge is 0.507 e. The zero-order valence-electron chi connectivity index (χ0n) is 16.9. The SMILES string of the molecule is COc1ccc(-c2c(C)noc2-c2ccc(OCc3ccc(F)cc3Cl)cc2O)cc1. The molecule has 158 valence electrons. The number of phenolic OH excluding ortho intramolecular Hbond substituents is 1. The van der Waals surface area contributed by atoms with Gasteiger partial charge in [-0.25, -0.2) is 4.39 Å². The van der Waals surface area contributed by atoms with E-state index in [0.717, 1.165) is 16.9 Å². The minimum Gasteiger partial charge on any atom is -0.507 e. The van der Waals surface area contributed by atoms with Crippen LogP contribution in [0.4, 0.5) is 4.39 Å². The quantitative estimate of drug-likeness (QED) is 0.376. The molecule has 0 unspecified atom stereocenters. The summed E-state index contributed by atoms with van der Waals surface area (Å²) in [4.78, 5) is 0. The molecule has 0 aliphatic carbocycles. The number of hydrogen-bond acceptors (Lipinski definition) is 5. The number of phenols is 1. The van der Waals surface area contributed by atoms with E-state index in [4.69, 9.17) is 25.6 Å². The van der Waals surface area contributed by atoms with Gasteiger partial charge in [-0.2, -0.15) is 0 Å². The van der Waals surface area contributed by atoms with Crippen molar-refractivity contribution in [2.24, 2.45) is 0 Å². The molecular formula is C24H19ClFNO4. The Morgan fingerprint density at radius 3 is 2.45 bits per heavy atom. The van der Waals surface area contributed by atoms with Gasteiger partial charge in [0.25, 0.3) is 0 Å². The summed E-state index contributed by atoms with van der Waals surface area (Å²) in [5.74, 6) is 1.20. The normalized spacial score (nSPS) is 10.8. The summed E-state index contributed by atoms with van der Waals surface area (Å²) in [7, 11) is 1.61. The van der Waals surface area contributed by atoms with Gasteiger partial charge in [-0.15, -0.1) is 0 Å². The standard InChI is InChI=1S/C24H19ClFNO4/c1-14-23(15-4-7-18(29-2)8-5-15)24(31-27-14)20-10-9-19(12-22(20)28)30-13-16-3-6-17(26)11-21(16)25/h3-12,28H,13H2,1-2H3. The summed E-state index contributed by atoms with van der Waals surface area (Å²) in [6.45, 7) is 1.98. The Labute approximate surface area is 183 Å². The van der Waals surface area contributed by atoms with Crippen molar-refractivity contribution >= 4 is 11.6 Å². The van der Waals surface area contributed by atoms with Crippen molar-refractivity contribution in [3.63, 3.8) is 0 Å². The molecule has 1 heterocycles. The molecule has 31 heavy (non-hydrogen) atoms. The first kappa shape index (κ1) is 20.8. The third kappa shape index (κ3) is 4.34. The van der Waals surface area contributed by atoms with Crippen molar-refractivity contribution in [1.29, 1.82) is 0 Å². The highest BCUT2D eigenvalue weighted by atomic mass is 35.5. The highest BCUT2D eigenvalue weighted by Gasteiger charge is 2.20. The van der Waals surface area contributed by atoms with Crippen molar-refractivity contribution in [3.05, 3.63) is 82.8 Å². The molecule has 0 aliphatic heterocycles. The number of benzene rings is 3. The average Bonchev–Trinajstić information content (AvgIpc) is 3.14. The highest BCUT2D eigenvalue weighted by Crippen LogP contribution is 2.40. The van der Waals surface area contributed by atoms with Crippen molar-refractivity contribution in [2.45, 2.75) is 13.5 Å². The van der Waals surface area contributed by atoms with E-state index < -0.39 is 5.82 Å². The summed E-state index contributed by atoms with van der Waals surface area (Å²) >= 11 is 6.03. The molecule has 4 aromatic rings. The van der Waals surface area contributed by atoms with Gasteiger partial charge in [-0.1, -0.05) is 35.0 Å². The van der Waals surface area contributed by atoms with Crippen LogP contribution in [0.2, 0.25) is 5.02 Å². The van der Waals surface area contributed by atoms with Crippen LogP contribution in [0.15, 0.2) is 65.2 Å². The van der Waals surface area contributed by atoms with Crippen LogP contribution in [0, 0.1) is 12.7 Å². The number of aromatic nitrogens is 1. The molecule has 0 amide bonds. The lowest BCUT2D eigenvalue weighted by Crippen LogP contribution is -1.97. The summed E-state index contributed by atoms with van der Waals surface area (Å²) in [6.07, 6.45) is 0. The number of aromatic hydroxyl groups is 1. The summed E-state index contributed by atoms with van der Waals surface area (Å²) in [5, 5.41) is 15.0. The maximum absolute atomic E-state index is 13.2. The Morgan fingerprint density at radius 1 is 1.03 bits per heavy atom. The second-order valence-corrected chi connectivity index (χ2v) is 7.31. The number of rotatable bonds is 6. The molecule has 4 rings (SSSR count). The predicted octanol–water partition coefficient (Wildman–Crippen LogP) is 6.40. The molecule has 1 N–H and O–H groups in total.